The van der Waals surface area contributed by atoms with Crippen molar-refractivity contribution in [3.05, 3.63) is 0 Å². The van der Waals surface area contributed by atoms with Crippen LogP contribution in [0.4, 0.5) is 0 Å². The lowest BCUT2D eigenvalue weighted by Gasteiger charge is -2.36. The van der Waals surface area contributed by atoms with E-state index in [1.54, 1.807) is 0 Å². The Balaban J connectivity index is 1.55. The molecule has 1 N–H and O–H groups in total. The molecule has 3 fully saturated rings. The van der Waals surface area contributed by atoms with Crippen LogP contribution < -0.4 is 5.32 Å². The number of rotatable bonds is 8. The third-order valence-corrected chi connectivity index (χ3v) is 5.24. The zero-order chi connectivity index (χ0) is 19.7. The van der Waals surface area contributed by atoms with E-state index in [2.05, 4.69) is 12.2 Å². The molecule has 7 heteroatoms. The monoisotopic (exact) mass is 385 g/mol. The minimum Gasteiger partial charge on any atom is -0.354 e. The Morgan fingerprint density at radius 2 is 1.41 bits per heavy atom. The van der Waals surface area contributed by atoms with E-state index in [-0.39, 0.29) is 5.91 Å². The molecule has 0 spiro atoms. The number of carbonyl (C=O) groups is 1. The van der Waals surface area contributed by atoms with Crippen LogP contribution in [-0.4, -0.2) is 54.7 Å². The third kappa shape index (κ3) is 5.01. The average molecular weight is 386 g/mol. The van der Waals surface area contributed by atoms with Crippen LogP contribution in [0.3, 0.4) is 0 Å². The summed E-state index contributed by atoms with van der Waals surface area (Å²) in [5.74, 6) is -1.74. The second-order valence-corrected chi connectivity index (χ2v) is 8.65. The van der Waals surface area contributed by atoms with E-state index in [0.29, 0.717) is 6.54 Å². The number of hydrogen-bond acceptors (Lipinski definition) is 6. The van der Waals surface area contributed by atoms with Crippen molar-refractivity contribution in [2.45, 2.75) is 115 Å². The van der Waals surface area contributed by atoms with Crippen LogP contribution in [0, 0.1) is 0 Å². The van der Waals surface area contributed by atoms with E-state index >= 15 is 0 Å². The predicted molar refractivity (Wildman–Crippen MR) is 98.9 cm³/mol. The number of amides is 1. The van der Waals surface area contributed by atoms with Crippen LogP contribution in [-0.2, 0) is 28.5 Å². The SMILES string of the molecule is CCCCCCCCNC(=O)[C@H]1O[C@@H]2OC(C)(C)O[C@@H]2[C@H]2OC(C)(C)O[C@H]21. The Bertz CT molecular complexity index is 523. The first-order chi connectivity index (χ1) is 12.7. The molecule has 0 aliphatic carbocycles. The quantitative estimate of drug-likeness (QED) is 0.648. The highest BCUT2D eigenvalue weighted by molar-refractivity contribution is 5.81. The van der Waals surface area contributed by atoms with Crippen molar-refractivity contribution in [2.24, 2.45) is 0 Å². The lowest BCUT2D eigenvalue weighted by Crippen LogP contribution is -2.59. The Labute approximate surface area is 162 Å². The summed E-state index contributed by atoms with van der Waals surface area (Å²) in [5.41, 5.74) is 0. The highest BCUT2D eigenvalue weighted by atomic mass is 16.9. The fraction of sp³-hybridized carbons (Fsp3) is 0.950. The molecule has 0 unspecified atom stereocenters. The summed E-state index contributed by atoms with van der Waals surface area (Å²) < 4.78 is 29.8. The first-order valence-corrected chi connectivity index (χ1v) is 10.4. The lowest BCUT2D eigenvalue weighted by atomic mass is 9.98. The van der Waals surface area contributed by atoms with Crippen molar-refractivity contribution in [1.82, 2.24) is 5.32 Å². The highest BCUT2D eigenvalue weighted by Crippen LogP contribution is 2.44. The standard InChI is InChI=1S/C20H35NO6/c1-6-7-8-9-10-11-12-21-17(22)15-13-14(25-19(2,3)24-13)16-18(23-15)27-20(4,5)26-16/h13-16,18H,6-12H2,1-5H3,(H,21,22)/t13-,14+,15+,16-,18-/m1/s1. The molecule has 0 aromatic carbocycles. The molecule has 27 heavy (non-hydrogen) atoms. The van der Waals surface area contributed by atoms with Crippen LogP contribution in [0.25, 0.3) is 0 Å². The van der Waals surface area contributed by atoms with Gasteiger partial charge < -0.3 is 29.0 Å². The van der Waals surface area contributed by atoms with Crippen molar-refractivity contribution in [2.75, 3.05) is 6.54 Å². The van der Waals surface area contributed by atoms with Crippen LogP contribution in [0.2, 0.25) is 0 Å². The van der Waals surface area contributed by atoms with Gasteiger partial charge in [0.05, 0.1) is 0 Å². The number of fused-ring (bicyclic) bond motifs is 3. The van der Waals surface area contributed by atoms with Gasteiger partial charge >= 0.3 is 0 Å². The number of ether oxygens (including phenoxy) is 5. The molecule has 0 saturated carbocycles. The van der Waals surface area contributed by atoms with Crippen LogP contribution in [0.5, 0.6) is 0 Å². The molecular formula is C20H35NO6. The van der Waals surface area contributed by atoms with Crippen LogP contribution >= 0.6 is 0 Å². The summed E-state index contributed by atoms with van der Waals surface area (Å²) in [5, 5.41) is 2.99. The first kappa shape index (κ1) is 21.0. The molecule has 3 saturated heterocycles. The molecule has 0 radical (unpaired) electrons. The largest absolute Gasteiger partial charge is 0.354 e. The van der Waals surface area contributed by atoms with Gasteiger partial charge in [-0.05, 0) is 34.1 Å². The molecule has 3 heterocycles. The van der Waals surface area contributed by atoms with Gasteiger partial charge in [-0.1, -0.05) is 39.0 Å². The molecule has 0 aromatic rings. The zero-order valence-electron chi connectivity index (χ0n) is 17.3. The number of carbonyl (C=O) groups excluding carboxylic acids is 1. The smallest absolute Gasteiger partial charge is 0.252 e. The van der Waals surface area contributed by atoms with Gasteiger partial charge in [-0.2, -0.15) is 0 Å². The minimum absolute atomic E-state index is 0.174. The van der Waals surface area contributed by atoms with E-state index in [4.69, 9.17) is 23.7 Å². The summed E-state index contributed by atoms with van der Waals surface area (Å²) in [6.07, 6.45) is 4.36. The van der Waals surface area contributed by atoms with Gasteiger partial charge in [0.25, 0.3) is 5.91 Å². The second kappa shape index (κ2) is 8.33. The molecule has 0 aromatic heterocycles. The van der Waals surface area contributed by atoms with E-state index in [1.165, 1.54) is 25.7 Å². The number of nitrogens with one attached hydrogen (secondary N) is 1. The Kier molecular flexibility index (Phi) is 6.48. The Hall–Kier alpha value is -0.730. The van der Waals surface area contributed by atoms with Crippen molar-refractivity contribution in [3.8, 4) is 0 Å². The summed E-state index contributed by atoms with van der Waals surface area (Å²) >= 11 is 0. The topological polar surface area (TPSA) is 75.3 Å². The van der Waals surface area contributed by atoms with E-state index < -0.39 is 42.3 Å². The molecule has 5 atom stereocenters. The van der Waals surface area contributed by atoms with Crippen LogP contribution in [0.1, 0.15) is 73.1 Å². The van der Waals surface area contributed by atoms with Gasteiger partial charge in [-0.25, -0.2) is 0 Å². The third-order valence-electron chi connectivity index (χ3n) is 5.24. The average Bonchev–Trinajstić information content (AvgIpc) is 3.07. The molecule has 1 amide bonds. The van der Waals surface area contributed by atoms with Gasteiger partial charge in [-0.15, -0.1) is 0 Å². The summed E-state index contributed by atoms with van der Waals surface area (Å²) in [6.45, 7) is 10.2. The number of hydrogen-bond donors (Lipinski definition) is 1. The maximum Gasteiger partial charge on any atom is 0.252 e. The van der Waals surface area contributed by atoms with E-state index in [1.807, 2.05) is 27.7 Å². The van der Waals surface area contributed by atoms with Crippen molar-refractivity contribution < 1.29 is 28.5 Å². The maximum atomic E-state index is 12.8. The van der Waals surface area contributed by atoms with E-state index in [9.17, 15) is 4.79 Å². The molecule has 3 aliphatic heterocycles. The fourth-order valence-corrected chi connectivity index (χ4v) is 4.04. The molecule has 3 rings (SSSR count). The maximum absolute atomic E-state index is 12.8. The predicted octanol–water partition coefficient (Wildman–Crippen LogP) is 2.86. The minimum atomic E-state index is -0.790. The van der Waals surface area contributed by atoms with Gasteiger partial charge in [0.15, 0.2) is 24.0 Å². The summed E-state index contributed by atoms with van der Waals surface area (Å²) in [7, 11) is 0. The van der Waals surface area contributed by atoms with Crippen molar-refractivity contribution in [3.63, 3.8) is 0 Å². The second-order valence-electron chi connectivity index (χ2n) is 8.65. The van der Waals surface area contributed by atoms with Gasteiger partial charge in [0.1, 0.15) is 18.3 Å². The summed E-state index contributed by atoms with van der Waals surface area (Å²) in [4.78, 5) is 12.8. The van der Waals surface area contributed by atoms with Crippen LogP contribution in [0.15, 0.2) is 0 Å². The van der Waals surface area contributed by atoms with E-state index in [0.717, 1.165) is 12.8 Å². The van der Waals surface area contributed by atoms with Gasteiger partial charge in [0.2, 0.25) is 0 Å². The Morgan fingerprint density at radius 3 is 2.15 bits per heavy atom. The van der Waals surface area contributed by atoms with Crippen molar-refractivity contribution in [1.29, 1.82) is 0 Å². The molecular weight excluding hydrogens is 350 g/mol. The Morgan fingerprint density at radius 1 is 0.815 bits per heavy atom. The number of unbranched alkanes of at least 4 members (excludes halogenated alkanes) is 5. The first-order valence-electron chi connectivity index (χ1n) is 10.4. The normalized spacial score (nSPS) is 36.3. The fourth-order valence-electron chi connectivity index (χ4n) is 4.04. The molecule has 3 aliphatic rings. The molecule has 0 bridgehead atoms. The molecule has 156 valence electrons. The zero-order valence-corrected chi connectivity index (χ0v) is 17.3. The highest BCUT2D eigenvalue weighted by Gasteiger charge is 2.62. The van der Waals surface area contributed by atoms with Crippen molar-refractivity contribution >= 4 is 5.91 Å². The summed E-state index contributed by atoms with van der Waals surface area (Å²) in [6, 6.07) is 0. The molecule has 7 nitrogen and oxygen atoms in total. The lowest BCUT2D eigenvalue weighted by molar-refractivity contribution is -0.231. The van der Waals surface area contributed by atoms with Gasteiger partial charge in [0, 0.05) is 6.54 Å². The van der Waals surface area contributed by atoms with Gasteiger partial charge in [-0.3, -0.25) is 4.79 Å².